The molecule has 0 spiro atoms. The summed E-state index contributed by atoms with van der Waals surface area (Å²) in [6.07, 6.45) is 6.33. The highest BCUT2D eigenvalue weighted by Crippen LogP contribution is 2.17. The number of imidazole rings is 3. The molecule has 0 atom stereocenters. The molecule has 1 aromatic carbocycles. The van der Waals surface area contributed by atoms with E-state index in [0.29, 0.717) is 50.2 Å². The number of benzene rings is 1. The molecular weight excluding hydrogens is 967 g/mol. The third-order valence-corrected chi connectivity index (χ3v) is 9.40. The Balaban J connectivity index is 0.000000245. The number of aromatic amines is 3. The van der Waals surface area contributed by atoms with Gasteiger partial charge in [-0.3, -0.25) is 57.4 Å². The maximum atomic E-state index is 11.5. The Morgan fingerprint density at radius 1 is 0.635 bits per heavy atom. The summed E-state index contributed by atoms with van der Waals surface area (Å²) in [4.78, 5) is 98.5. The predicted molar refractivity (Wildman–Crippen MR) is 275 cm³/mol. The van der Waals surface area contributed by atoms with Gasteiger partial charge in [-0.15, -0.1) is 0 Å². The average molecular weight is 1040 g/mol. The number of H-pyrrole nitrogens is 3. The van der Waals surface area contributed by atoms with Crippen LogP contribution in [0.25, 0.3) is 33.5 Å². The molecule has 6 heterocycles. The Morgan fingerprint density at radius 2 is 1.03 bits per heavy atom. The molecule has 0 radical (unpaired) electrons. The van der Waals surface area contributed by atoms with Crippen LogP contribution in [0.4, 0.5) is 17.8 Å². The van der Waals surface area contributed by atoms with Crippen molar-refractivity contribution in [2.75, 3.05) is 56.7 Å². The van der Waals surface area contributed by atoms with Gasteiger partial charge >= 0.3 is 5.97 Å². The molecule has 28 nitrogen and oxygen atoms in total. The second kappa shape index (κ2) is 29.6. The zero-order chi connectivity index (χ0) is 55.0. The largest absolute Gasteiger partial charge is 0.460 e. The number of ketones is 1. The van der Waals surface area contributed by atoms with Crippen LogP contribution in [0, 0.1) is 10.8 Å². The Bertz CT molecular complexity index is 2800. The number of aliphatic hydroxyl groups is 1. The molecule has 0 unspecified atom stereocenters. The molecule has 7 aromatic rings. The van der Waals surface area contributed by atoms with Crippen molar-refractivity contribution in [1.82, 2.24) is 63.9 Å². The number of nitrogens with two attached hydrogens (primary N) is 4. The van der Waals surface area contributed by atoms with Gasteiger partial charge in [-0.25, -0.2) is 15.0 Å². The fraction of sp³-hybridized carbons (Fsp3) is 0.478. The van der Waals surface area contributed by atoms with Crippen LogP contribution in [-0.4, -0.2) is 121 Å². The van der Waals surface area contributed by atoms with E-state index in [9.17, 15) is 28.8 Å². The Labute approximate surface area is 424 Å². The van der Waals surface area contributed by atoms with Crippen molar-refractivity contribution < 1.29 is 38.4 Å². The smallest absolute Gasteiger partial charge is 0.311 e. The second-order valence-electron chi connectivity index (χ2n) is 17.8. The van der Waals surface area contributed by atoms with Gasteiger partial charge in [-0.05, 0) is 39.2 Å². The molecule has 74 heavy (non-hydrogen) atoms. The minimum absolute atomic E-state index is 0.00398. The first-order valence-corrected chi connectivity index (χ1v) is 23.2. The van der Waals surface area contributed by atoms with Gasteiger partial charge < -0.3 is 52.3 Å². The zero-order valence-electron chi connectivity index (χ0n) is 43.0. The number of nitrogens with one attached hydrogen (secondary N) is 4. The molecule has 404 valence electrons. The standard InChI is InChI=1S/C12H16O2.2C9H13N5O2.C8H11N5O3.C8H16N2O2/c1-12(2,3)11(13)14-9-10-7-5-4-6-8-10;2*1-2-3-16-5-14-4-11-6-7(14)12-9(10)13-8(6)15;9-8-11-6-5(7(15)12-8)10-3-13(6)4-16-2-1-14;1-8(2,3)6(11)5-10-7(12)4-9/h4-8H,9H2,1-3H3;2*4H,2-3,5H2,1H3,(H3,10,12,13,15);3,14H,1-2,4H2,(H3,9,11,12,15);4-5,9H2,1-3H3,(H,10,12). The summed E-state index contributed by atoms with van der Waals surface area (Å²) >= 11 is 0. The van der Waals surface area contributed by atoms with E-state index in [4.69, 9.17) is 47.0 Å². The number of amides is 1. The van der Waals surface area contributed by atoms with Crippen molar-refractivity contribution in [1.29, 1.82) is 0 Å². The van der Waals surface area contributed by atoms with Crippen molar-refractivity contribution in [2.45, 2.75) is 95.0 Å². The van der Waals surface area contributed by atoms with E-state index < -0.39 is 10.8 Å². The third-order valence-electron chi connectivity index (χ3n) is 9.40. The van der Waals surface area contributed by atoms with Crippen LogP contribution < -0.4 is 44.9 Å². The molecule has 0 saturated carbocycles. The van der Waals surface area contributed by atoms with Gasteiger partial charge in [0.1, 0.15) is 26.8 Å². The van der Waals surface area contributed by atoms with E-state index in [1.54, 1.807) is 9.13 Å². The molecule has 6 aromatic heterocycles. The van der Waals surface area contributed by atoms with Gasteiger partial charge in [0.2, 0.25) is 23.8 Å². The maximum Gasteiger partial charge on any atom is 0.311 e. The van der Waals surface area contributed by atoms with Crippen LogP contribution >= 0.6 is 0 Å². The topological polar surface area (TPSA) is 415 Å². The van der Waals surface area contributed by atoms with E-state index >= 15 is 0 Å². The van der Waals surface area contributed by atoms with Gasteiger partial charge in [-0.1, -0.05) is 65.0 Å². The van der Waals surface area contributed by atoms with Crippen molar-refractivity contribution in [3.63, 3.8) is 0 Å². The number of aromatic nitrogens is 12. The Morgan fingerprint density at radius 3 is 1.36 bits per heavy atom. The van der Waals surface area contributed by atoms with Gasteiger partial charge in [0.25, 0.3) is 16.7 Å². The number of hydrogen-bond donors (Lipinski definition) is 9. The number of anilines is 3. The first-order chi connectivity index (χ1) is 35.0. The molecular formula is C46H69N17O11. The van der Waals surface area contributed by atoms with E-state index in [0.717, 1.165) is 18.4 Å². The number of ether oxygens (including phenoxy) is 4. The van der Waals surface area contributed by atoms with Gasteiger partial charge in [0.05, 0.1) is 50.7 Å². The molecule has 0 fully saturated rings. The van der Waals surface area contributed by atoms with Crippen LogP contribution in [0.3, 0.4) is 0 Å². The summed E-state index contributed by atoms with van der Waals surface area (Å²) in [5.74, 6) is -0.274. The zero-order valence-corrected chi connectivity index (χ0v) is 43.0. The molecule has 0 aliphatic heterocycles. The van der Waals surface area contributed by atoms with Crippen LogP contribution in [0.15, 0.2) is 63.7 Å². The molecule has 0 aliphatic carbocycles. The highest BCUT2D eigenvalue weighted by molar-refractivity contribution is 5.89. The Kier molecular flexibility index (Phi) is 24.1. The summed E-state index contributed by atoms with van der Waals surface area (Å²) in [6, 6.07) is 9.68. The summed E-state index contributed by atoms with van der Waals surface area (Å²) in [5.41, 5.74) is 22.5. The van der Waals surface area contributed by atoms with E-state index in [2.05, 4.69) is 50.2 Å². The number of esters is 1. The molecule has 0 aliphatic rings. The lowest BCUT2D eigenvalue weighted by atomic mass is 9.91. The lowest BCUT2D eigenvalue weighted by molar-refractivity contribution is -0.154. The van der Waals surface area contributed by atoms with Gasteiger partial charge in [-0.2, -0.15) is 15.0 Å². The van der Waals surface area contributed by atoms with Crippen LogP contribution in [0.5, 0.6) is 0 Å². The number of nitrogens with zero attached hydrogens (tertiary/aromatic N) is 9. The average Bonchev–Trinajstić information content (AvgIpc) is 4.08. The van der Waals surface area contributed by atoms with Crippen molar-refractivity contribution in [3.05, 3.63) is 85.9 Å². The molecule has 7 rings (SSSR count). The summed E-state index contributed by atoms with van der Waals surface area (Å²) in [7, 11) is 0. The van der Waals surface area contributed by atoms with E-state index in [-0.39, 0.29) is 102 Å². The molecule has 28 heteroatoms. The summed E-state index contributed by atoms with van der Waals surface area (Å²) < 4.78 is 25.8. The highest BCUT2D eigenvalue weighted by Gasteiger charge is 2.23. The van der Waals surface area contributed by atoms with Crippen molar-refractivity contribution in [3.8, 4) is 0 Å². The third kappa shape index (κ3) is 19.6. The first-order valence-electron chi connectivity index (χ1n) is 23.2. The number of carbonyl (C=O) groups is 3. The lowest BCUT2D eigenvalue weighted by Gasteiger charge is -2.16. The summed E-state index contributed by atoms with van der Waals surface area (Å²) in [5, 5.41) is 11.0. The normalized spacial score (nSPS) is 11.1. The second-order valence-corrected chi connectivity index (χ2v) is 17.8. The number of Topliss-reactive ketones (excluding diaryl/α,β-unsaturated/α-hetero) is 1. The first kappa shape index (κ1) is 60.4. The molecule has 0 bridgehead atoms. The van der Waals surface area contributed by atoms with E-state index in [1.165, 1.54) is 23.5 Å². The predicted octanol–water partition coefficient (Wildman–Crippen LogP) is 1.29. The summed E-state index contributed by atoms with van der Waals surface area (Å²) in [6.45, 7) is 17.6. The van der Waals surface area contributed by atoms with Crippen LogP contribution in [-0.2, 0) is 60.1 Å². The van der Waals surface area contributed by atoms with Crippen molar-refractivity contribution >= 4 is 69.0 Å². The molecule has 13 N–H and O–H groups in total. The lowest BCUT2D eigenvalue weighted by Crippen LogP contribution is -2.38. The highest BCUT2D eigenvalue weighted by atomic mass is 16.5. The number of carbonyl (C=O) groups excluding carboxylic acids is 3. The number of fused-ring (bicyclic) bond motifs is 3. The van der Waals surface area contributed by atoms with Crippen LogP contribution in [0.1, 0.15) is 73.8 Å². The molecule has 1 amide bonds. The fourth-order valence-corrected chi connectivity index (χ4v) is 5.49. The number of rotatable bonds is 17. The minimum Gasteiger partial charge on any atom is -0.460 e. The Hall–Kier alpha value is -7.92. The fourth-order valence-electron chi connectivity index (χ4n) is 5.49. The number of hydrogen-bond acceptors (Lipinski definition) is 21. The molecule has 0 saturated heterocycles. The van der Waals surface area contributed by atoms with Crippen molar-refractivity contribution in [2.24, 2.45) is 16.6 Å². The van der Waals surface area contributed by atoms with E-state index in [1.807, 2.05) is 85.7 Å². The minimum atomic E-state index is -0.422. The number of aliphatic hydroxyl groups excluding tert-OH is 1. The monoisotopic (exact) mass is 1040 g/mol. The SMILES string of the molecule is CC(C)(C)C(=O)CNC(=O)CN.CC(C)(C)C(=O)OCc1ccccc1.CCCOCn1cnc2c(=O)[nH]c(N)nc21.CCCOCn1cnc2c(=O)[nH]c(N)nc21.Nc1nc2c(ncn2COCCO)c(=O)[nH]1. The van der Waals surface area contributed by atoms with Gasteiger partial charge in [0, 0.05) is 18.6 Å². The maximum absolute atomic E-state index is 11.5. The number of nitrogen functional groups attached to an aromatic ring is 3. The van der Waals surface area contributed by atoms with Gasteiger partial charge in [0.15, 0.2) is 39.3 Å². The quantitative estimate of drug-likeness (QED) is 0.0458. The van der Waals surface area contributed by atoms with Crippen LogP contribution in [0.2, 0.25) is 0 Å².